The van der Waals surface area contributed by atoms with E-state index in [1.165, 1.54) is 18.9 Å². The van der Waals surface area contributed by atoms with E-state index in [0.29, 0.717) is 17.2 Å². The lowest BCUT2D eigenvalue weighted by molar-refractivity contribution is -0.135. The average Bonchev–Trinajstić information content (AvgIpc) is 3.30. The standard InChI is InChI=1S/C21H22N4O6/c1-12-8-9-16(30-12)21(2)19(28)25(20(29)23-21)11-17(26)24-10-15(18(27)22-3)31-14-7-5-4-6-13(14)24/h4-9,15H,10-11H2,1-3H3,(H,22,27)(H,23,29). The van der Waals surface area contributed by atoms with Crippen LogP contribution in [-0.4, -0.2) is 54.9 Å². The summed E-state index contributed by atoms with van der Waals surface area (Å²) in [6, 6.07) is 9.39. The van der Waals surface area contributed by atoms with Crippen LogP contribution in [0.1, 0.15) is 18.4 Å². The van der Waals surface area contributed by atoms with Gasteiger partial charge in [-0.1, -0.05) is 12.1 Å². The Morgan fingerprint density at radius 3 is 2.65 bits per heavy atom. The van der Waals surface area contributed by atoms with Gasteiger partial charge in [0.2, 0.25) is 5.91 Å². The summed E-state index contributed by atoms with van der Waals surface area (Å²) >= 11 is 0. The summed E-state index contributed by atoms with van der Waals surface area (Å²) in [4.78, 5) is 53.1. The molecule has 2 aromatic rings. The molecule has 2 atom stereocenters. The number of anilines is 1. The van der Waals surface area contributed by atoms with Gasteiger partial charge < -0.3 is 24.7 Å². The van der Waals surface area contributed by atoms with E-state index in [2.05, 4.69) is 10.6 Å². The number of benzene rings is 1. The van der Waals surface area contributed by atoms with Crippen LogP contribution in [0.3, 0.4) is 0 Å². The molecule has 2 aliphatic rings. The van der Waals surface area contributed by atoms with Gasteiger partial charge in [0.1, 0.15) is 23.8 Å². The van der Waals surface area contributed by atoms with Crippen LogP contribution in [0.2, 0.25) is 0 Å². The van der Waals surface area contributed by atoms with E-state index >= 15 is 0 Å². The number of carbonyl (C=O) groups excluding carboxylic acids is 4. The van der Waals surface area contributed by atoms with Crippen LogP contribution >= 0.6 is 0 Å². The molecule has 4 rings (SSSR count). The number of urea groups is 1. The second-order valence-electron chi connectivity index (χ2n) is 7.55. The van der Waals surface area contributed by atoms with Gasteiger partial charge in [-0.2, -0.15) is 0 Å². The van der Waals surface area contributed by atoms with Gasteiger partial charge in [-0.3, -0.25) is 19.3 Å². The van der Waals surface area contributed by atoms with Crippen molar-refractivity contribution < 1.29 is 28.3 Å². The normalized spacial score (nSPS) is 22.6. The highest BCUT2D eigenvalue weighted by Crippen LogP contribution is 2.34. The molecule has 2 unspecified atom stereocenters. The Bertz CT molecular complexity index is 1080. The summed E-state index contributed by atoms with van der Waals surface area (Å²) in [7, 11) is 1.47. The number of likely N-dealkylation sites (N-methyl/N-ethyl adjacent to an activating group) is 1. The zero-order chi connectivity index (χ0) is 22.3. The van der Waals surface area contributed by atoms with Crippen molar-refractivity contribution in [2.45, 2.75) is 25.5 Å². The molecule has 2 aliphatic heterocycles. The van der Waals surface area contributed by atoms with Crippen molar-refractivity contribution in [1.82, 2.24) is 15.5 Å². The smallest absolute Gasteiger partial charge is 0.325 e. The van der Waals surface area contributed by atoms with E-state index in [4.69, 9.17) is 9.15 Å². The fourth-order valence-corrected chi connectivity index (χ4v) is 3.70. The van der Waals surface area contributed by atoms with Crippen molar-refractivity contribution in [3.8, 4) is 5.75 Å². The third-order valence-corrected chi connectivity index (χ3v) is 5.42. The second-order valence-corrected chi connectivity index (χ2v) is 7.55. The minimum atomic E-state index is -1.40. The molecule has 1 fully saturated rings. The number of fused-ring (bicyclic) bond motifs is 1. The molecule has 0 spiro atoms. The van der Waals surface area contributed by atoms with Gasteiger partial charge in [0, 0.05) is 7.05 Å². The predicted octanol–water partition coefficient (Wildman–Crippen LogP) is 0.895. The molecule has 0 aliphatic carbocycles. The van der Waals surface area contributed by atoms with E-state index in [0.717, 1.165) is 4.90 Å². The number of nitrogens with zero attached hydrogens (tertiary/aromatic N) is 2. The molecule has 3 heterocycles. The zero-order valence-corrected chi connectivity index (χ0v) is 17.3. The first-order valence-corrected chi connectivity index (χ1v) is 9.73. The SMILES string of the molecule is CNC(=O)C1CN(C(=O)CN2C(=O)NC(C)(c3ccc(C)o3)C2=O)c2ccccc2O1. The van der Waals surface area contributed by atoms with Crippen LogP contribution in [0.5, 0.6) is 5.75 Å². The van der Waals surface area contributed by atoms with Gasteiger partial charge in [-0.15, -0.1) is 0 Å². The van der Waals surface area contributed by atoms with E-state index in [-0.39, 0.29) is 18.2 Å². The highest BCUT2D eigenvalue weighted by molar-refractivity contribution is 6.10. The van der Waals surface area contributed by atoms with Gasteiger partial charge >= 0.3 is 6.03 Å². The molecule has 162 valence electrons. The lowest BCUT2D eigenvalue weighted by Crippen LogP contribution is -2.52. The summed E-state index contributed by atoms with van der Waals surface area (Å²) in [5, 5.41) is 5.11. The quantitative estimate of drug-likeness (QED) is 0.701. The number of imide groups is 1. The minimum Gasteiger partial charge on any atom is -0.477 e. The third-order valence-electron chi connectivity index (χ3n) is 5.42. The largest absolute Gasteiger partial charge is 0.477 e. The predicted molar refractivity (Wildman–Crippen MR) is 108 cm³/mol. The Balaban J connectivity index is 1.58. The van der Waals surface area contributed by atoms with Crippen molar-refractivity contribution in [2.75, 3.05) is 25.0 Å². The number of amides is 5. The molecule has 1 aromatic heterocycles. The van der Waals surface area contributed by atoms with Gasteiger partial charge in [0.05, 0.1) is 12.2 Å². The Kier molecular flexibility index (Phi) is 4.92. The summed E-state index contributed by atoms with van der Waals surface area (Å²) in [5.74, 6) is -0.253. The first kappa shape index (κ1) is 20.5. The molecule has 5 amide bonds. The molecule has 0 bridgehead atoms. The number of nitrogens with one attached hydrogen (secondary N) is 2. The molecular weight excluding hydrogens is 404 g/mol. The fourth-order valence-electron chi connectivity index (χ4n) is 3.70. The zero-order valence-electron chi connectivity index (χ0n) is 17.3. The van der Waals surface area contributed by atoms with Crippen LogP contribution in [0, 0.1) is 6.92 Å². The fraction of sp³-hybridized carbons (Fsp3) is 0.333. The van der Waals surface area contributed by atoms with Gasteiger partial charge in [-0.05, 0) is 38.1 Å². The van der Waals surface area contributed by atoms with Crippen LogP contribution in [-0.2, 0) is 19.9 Å². The number of hydrogen-bond acceptors (Lipinski definition) is 6. The summed E-state index contributed by atoms with van der Waals surface area (Å²) in [5.41, 5.74) is -0.941. The molecule has 0 saturated carbocycles. The molecule has 1 aromatic carbocycles. The number of ether oxygens (including phenoxy) is 1. The van der Waals surface area contributed by atoms with E-state index in [1.807, 2.05) is 0 Å². The Morgan fingerprint density at radius 2 is 1.97 bits per heavy atom. The van der Waals surface area contributed by atoms with Crippen LogP contribution in [0.4, 0.5) is 10.5 Å². The molecule has 10 heteroatoms. The number of carbonyl (C=O) groups is 4. The van der Waals surface area contributed by atoms with Crippen molar-refractivity contribution >= 4 is 29.4 Å². The summed E-state index contributed by atoms with van der Waals surface area (Å²) < 4.78 is 11.2. The van der Waals surface area contributed by atoms with E-state index < -0.39 is 36.0 Å². The molecule has 10 nitrogen and oxygen atoms in total. The van der Waals surface area contributed by atoms with Gasteiger partial charge in [0.25, 0.3) is 11.8 Å². The second kappa shape index (κ2) is 7.46. The summed E-state index contributed by atoms with van der Waals surface area (Å²) in [6.45, 7) is 2.72. The third kappa shape index (κ3) is 3.39. The lowest BCUT2D eigenvalue weighted by Gasteiger charge is -2.34. The average molecular weight is 426 g/mol. The van der Waals surface area contributed by atoms with Crippen LogP contribution < -0.4 is 20.3 Å². The van der Waals surface area contributed by atoms with Crippen molar-refractivity contribution in [2.24, 2.45) is 0 Å². The molecule has 2 N–H and O–H groups in total. The first-order chi connectivity index (χ1) is 14.7. The molecule has 1 saturated heterocycles. The van der Waals surface area contributed by atoms with Crippen molar-refractivity contribution in [3.05, 3.63) is 47.9 Å². The van der Waals surface area contributed by atoms with E-state index in [1.54, 1.807) is 43.3 Å². The first-order valence-electron chi connectivity index (χ1n) is 9.73. The number of furan rings is 1. The Hall–Kier alpha value is -3.82. The van der Waals surface area contributed by atoms with Crippen molar-refractivity contribution in [3.63, 3.8) is 0 Å². The van der Waals surface area contributed by atoms with E-state index in [9.17, 15) is 19.2 Å². The molecule has 31 heavy (non-hydrogen) atoms. The maximum atomic E-state index is 13.2. The molecule has 0 radical (unpaired) electrons. The topological polar surface area (TPSA) is 121 Å². The van der Waals surface area contributed by atoms with Gasteiger partial charge in [0.15, 0.2) is 11.6 Å². The summed E-state index contributed by atoms with van der Waals surface area (Å²) in [6.07, 6.45) is -0.914. The number of aryl methyl sites for hydroxylation is 1. The maximum absolute atomic E-state index is 13.2. The highest BCUT2D eigenvalue weighted by Gasteiger charge is 2.52. The van der Waals surface area contributed by atoms with Crippen LogP contribution in [0.15, 0.2) is 40.8 Å². The van der Waals surface area contributed by atoms with Gasteiger partial charge in [-0.25, -0.2) is 4.79 Å². The lowest BCUT2D eigenvalue weighted by atomic mass is 9.99. The van der Waals surface area contributed by atoms with Crippen LogP contribution in [0.25, 0.3) is 0 Å². The number of hydrogen-bond donors (Lipinski definition) is 2. The molecular formula is C21H22N4O6. The van der Waals surface area contributed by atoms with Crippen molar-refractivity contribution in [1.29, 1.82) is 0 Å². The minimum absolute atomic E-state index is 0.0478. The Morgan fingerprint density at radius 1 is 1.23 bits per heavy atom. The highest BCUT2D eigenvalue weighted by atomic mass is 16.5. The number of rotatable bonds is 4. The number of para-hydroxylation sites is 2. The Labute approximate surface area is 178 Å². The monoisotopic (exact) mass is 426 g/mol. The maximum Gasteiger partial charge on any atom is 0.325 e.